The van der Waals surface area contributed by atoms with Gasteiger partial charge in [0, 0.05) is 34.9 Å². The van der Waals surface area contributed by atoms with E-state index < -0.39 is 0 Å². The topological polar surface area (TPSA) is 83.1 Å². The van der Waals surface area contributed by atoms with Crippen molar-refractivity contribution in [2.24, 2.45) is 0 Å². The van der Waals surface area contributed by atoms with Gasteiger partial charge in [-0.1, -0.05) is 28.9 Å². The van der Waals surface area contributed by atoms with Gasteiger partial charge in [0.15, 0.2) is 0 Å². The number of rotatable bonds is 9. The molecule has 5 aromatic rings. The van der Waals surface area contributed by atoms with Crippen molar-refractivity contribution in [2.75, 3.05) is 19.7 Å². The minimum atomic E-state index is -0.379. The molecular weight excluding hydrogens is 569 g/mol. The molecule has 0 amide bonds. The Hall–Kier alpha value is -3.86. The van der Waals surface area contributed by atoms with Crippen molar-refractivity contribution in [3.8, 4) is 11.6 Å². The molecule has 7 rings (SSSR count). The van der Waals surface area contributed by atoms with Crippen molar-refractivity contribution in [3.63, 3.8) is 0 Å². The fourth-order valence-corrected chi connectivity index (χ4v) is 6.02. The van der Waals surface area contributed by atoms with Crippen molar-refractivity contribution in [2.45, 2.75) is 57.9 Å². The molecule has 0 bridgehead atoms. The average Bonchev–Trinajstić information content (AvgIpc) is 3.57. The number of hydrogen-bond donors (Lipinski definition) is 0. The summed E-state index contributed by atoms with van der Waals surface area (Å²) in [5.74, 6) is 1.51. The third-order valence-corrected chi connectivity index (χ3v) is 8.60. The largest absolute Gasteiger partial charge is 0.473 e. The van der Waals surface area contributed by atoms with Crippen LogP contribution in [-0.4, -0.2) is 60.2 Å². The molecule has 1 atom stereocenters. The van der Waals surface area contributed by atoms with E-state index in [9.17, 15) is 4.39 Å². The Balaban J connectivity index is 1.02. The van der Waals surface area contributed by atoms with Crippen LogP contribution in [0.15, 0.2) is 60.8 Å². The molecule has 2 aliphatic heterocycles. The highest BCUT2D eigenvalue weighted by Gasteiger charge is 2.26. The SMILES string of the molecule is Cc1cn(-c2ccc3c(c2)nc(CN2CCC(c4cccc(OCc5ccc(Cl)cc5F)n4)CC2)n3C[C@@H]2CCO2)nn1. The number of aryl methyl sites for hydroxylation is 1. The number of fused-ring (bicyclic) bond motifs is 1. The minimum Gasteiger partial charge on any atom is -0.473 e. The van der Waals surface area contributed by atoms with Crippen LogP contribution < -0.4 is 4.74 Å². The lowest BCUT2D eigenvalue weighted by Gasteiger charge is -2.32. The molecule has 0 radical (unpaired) electrons. The quantitative estimate of drug-likeness (QED) is 0.209. The van der Waals surface area contributed by atoms with Gasteiger partial charge in [0.05, 0.1) is 47.8 Å². The lowest BCUT2D eigenvalue weighted by atomic mass is 9.93. The minimum absolute atomic E-state index is 0.102. The molecule has 0 aliphatic carbocycles. The maximum absolute atomic E-state index is 14.2. The Kier molecular flexibility index (Phi) is 7.81. The van der Waals surface area contributed by atoms with Gasteiger partial charge in [0.1, 0.15) is 18.2 Å². The zero-order valence-electron chi connectivity index (χ0n) is 24.0. The van der Waals surface area contributed by atoms with Gasteiger partial charge in [-0.25, -0.2) is 19.0 Å². The zero-order chi connectivity index (χ0) is 29.3. The molecule has 2 fully saturated rings. The second-order valence-corrected chi connectivity index (χ2v) is 11.8. The standard InChI is InChI=1S/C32H33ClFN7O2/c1-21-17-41(38-37-21)25-7-8-30-29(16-25)35-31(40(30)18-26-11-14-42-26)19-39-12-9-22(10-13-39)28-3-2-4-32(36-28)43-20-23-5-6-24(33)15-27(23)34/h2-8,15-17,22,26H,9-14,18-20H2,1H3/t26-/m0/s1. The summed E-state index contributed by atoms with van der Waals surface area (Å²) in [6, 6.07) is 16.7. The molecule has 11 heteroatoms. The zero-order valence-corrected chi connectivity index (χ0v) is 24.8. The number of piperidine rings is 1. The molecule has 5 heterocycles. The van der Waals surface area contributed by atoms with Gasteiger partial charge in [-0.3, -0.25) is 4.90 Å². The molecule has 222 valence electrons. The second-order valence-electron chi connectivity index (χ2n) is 11.4. The fourth-order valence-electron chi connectivity index (χ4n) is 5.86. The lowest BCUT2D eigenvalue weighted by Crippen LogP contribution is -2.35. The highest BCUT2D eigenvalue weighted by molar-refractivity contribution is 6.30. The fraction of sp³-hybridized carbons (Fsp3) is 0.375. The van der Waals surface area contributed by atoms with Gasteiger partial charge in [0.25, 0.3) is 0 Å². The van der Waals surface area contributed by atoms with Crippen LogP contribution in [0.25, 0.3) is 16.7 Å². The van der Waals surface area contributed by atoms with Crippen LogP contribution in [0.4, 0.5) is 4.39 Å². The van der Waals surface area contributed by atoms with Gasteiger partial charge in [-0.2, -0.15) is 0 Å². The van der Waals surface area contributed by atoms with Crippen LogP contribution in [0.5, 0.6) is 5.88 Å². The smallest absolute Gasteiger partial charge is 0.213 e. The first kappa shape index (κ1) is 27.9. The molecule has 3 aromatic heterocycles. The van der Waals surface area contributed by atoms with Crippen molar-refractivity contribution < 1.29 is 13.9 Å². The maximum Gasteiger partial charge on any atom is 0.213 e. The molecule has 0 spiro atoms. The number of nitrogens with zero attached hydrogens (tertiary/aromatic N) is 7. The molecule has 43 heavy (non-hydrogen) atoms. The third kappa shape index (κ3) is 6.13. The van der Waals surface area contributed by atoms with Crippen LogP contribution in [-0.2, 0) is 24.4 Å². The normalized spacial score (nSPS) is 17.8. The summed E-state index contributed by atoms with van der Waals surface area (Å²) in [6.45, 7) is 6.33. The van der Waals surface area contributed by atoms with Crippen LogP contribution in [0.3, 0.4) is 0 Å². The number of likely N-dealkylation sites (tertiary alicyclic amines) is 1. The molecule has 9 nitrogen and oxygen atoms in total. The highest BCUT2D eigenvalue weighted by Crippen LogP contribution is 2.30. The van der Waals surface area contributed by atoms with Gasteiger partial charge in [0.2, 0.25) is 5.88 Å². The summed E-state index contributed by atoms with van der Waals surface area (Å²) in [5.41, 5.74) is 5.35. The molecule has 2 aliphatic rings. The highest BCUT2D eigenvalue weighted by atomic mass is 35.5. The Morgan fingerprint density at radius 1 is 1.05 bits per heavy atom. The molecule has 0 N–H and O–H groups in total. The molecule has 2 saturated heterocycles. The van der Waals surface area contributed by atoms with E-state index in [4.69, 9.17) is 31.0 Å². The van der Waals surface area contributed by atoms with Crippen molar-refractivity contribution >= 4 is 22.6 Å². The molecule has 0 saturated carbocycles. The van der Waals surface area contributed by atoms with E-state index >= 15 is 0 Å². The Morgan fingerprint density at radius 3 is 2.65 bits per heavy atom. The van der Waals surface area contributed by atoms with Gasteiger partial charge in [-0.05, 0) is 75.7 Å². The monoisotopic (exact) mass is 601 g/mol. The van der Waals surface area contributed by atoms with E-state index in [0.717, 1.165) is 86.0 Å². The van der Waals surface area contributed by atoms with E-state index in [1.807, 2.05) is 25.3 Å². The summed E-state index contributed by atoms with van der Waals surface area (Å²) in [4.78, 5) is 12.3. The maximum atomic E-state index is 14.2. The van der Waals surface area contributed by atoms with Crippen LogP contribution in [0.2, 0.25) is 5.02 Å². The lowest BCUT2D eigenvalue weighted by molar-refractivity contribution is -0.0592. The second kappa shape index (κ2) is 12.0. The number of aromatic nitrogens is 6. The Morgan fingerprint density at radius 2 is 1.91 bits per heavy atom. The first-order chi connectivity index (χ1) is 21.0. The van der Waals surface area contributed by atoms with E-state index in [1.165, 1.54) is 6.07 Å². The number of hydrogen-bond acceptors (Lipinski definition) is 7. The Bertz CT molecular complexity index is 1740. The first-order valence-corrected chi connectivity index (χ1v) is 15.1. The van der Waals surface area contributed by atoms with E-state index in [-0.39, 0.29) is 18.5 Å². The summed E-state index contributed by atoms with van der Waals surface area (Å²) in [7, 11) is 0. The Labute approximate surface area is 254 Å². The van der Waals surface area contributed by atoms with Crippen molar-refractivity contribution in [3.05, 3.63) is 94.4 Å². The summed E-state index contributed by atoms with van der Waals surface area (Å²) < 4.78 is 29.9. The number of benzene rings is 2. The average molecular weight is 602 g/mol. The van der Waals surface area contributed by atoms with Crippen LogP contribution in [0.1, 0.15) is 48.0 Å². The molecular formula is C32H33ClFN7O2. The first-order valence-electron chi connectivity index (χ1n) is 14.7. The summed E-state index contributed by atoms with van der Waals surface area (Å²) >= 11 is 5.87. The number of ether oxygens (including phenoxy) is 2. The summed E-state index contributed by atoms with van der Waals surface area (Å²) in [6.07, 6.45) is 5.21. The predicted octanol–water partition coefficient (Wildman–Crippen LogP) is 5.86. The van der Waals surface area contributed by atoms with E-state index in [1.54, 1.807) is 16.8 Å². The number of imidazole rings is 1. The molecule has 2 aromatic carbocycles. The third-order valence-electron chi connectivity index (χ3n) is 8.37. The number of halogens is 2. The predicted molar refractivity (Wildman–Crippen MR) is 161 cm³/mol. The molecule has 0 unspecified atom stereocenters. The van der Waals surface area contributed by atoms with Crippen LogP contribution in [0, 0.1) is 12.7 Å². The van der Waals surface area contributed by atoms with Gasteiger partial charge in [-0.15, -0.1) is 5.10 Å². The van der Waals surface area contributed by atoms with E-state index in [0.29, 0.717) is 22.4 Å². The van der Waals surface area contributed by atoms with Gasteiger partial charge < -0.3 is 14.0 Å². The van der Waals surface area contributed by atoms with Crippen LogP contribution >= 0.6 is 11.6 Å². The van der Waals surface area contributed by atoms with Gasteiger partial charge >= 0.3 is 0 Å². The van der Waals surface area contributed by atoms with Crippen molar-refractivity contribution in [1.29, 1.82) is 0 Å². The van der Waals surface area contributed by atoms with Crippen molar-refractivity contribution in [1.82, 2.24) is 34.4 Å². The summed E-state index contributed by atoms with van der Waals surface area (Å²) in [5, 5.41) is 8.72. The van der Waals surface area contributed by atoms with E-state index in [2.05, 4.69) is 44.0 Å². The number of pyridine rings is 1.